The highest BCUT2D eigenvalue weighted by molar-refractivity contribution is 7.91. The average Bonchev–Trinajstić information content (AvgIpc) is 2.77. The van der Waals surface area contributed by atoms with Crippen molar-refractivity contribution < 1.29 is 8.42 Å². The van der Waals surface area contributed by atoms with Gasteiger partial charge in [-0.05, 0) is 25.8 Å². The molecule has 6 heteroatoms. The Morgan fingerprint density at radius 3 is 2.50 bits per heavy atom. The van der Waals surface area contributed by atoms with Gasteiger partial charge in [-0.1, -0.05) is 13.8 Å². The number of hydrogen-bond acceptors (Lipinski definition) is 4. The lowest BCUT2D eigenvalue weighted by Crippen LogP contribution is -2.27. The minimum Gasteiger partial charge on any atom is -0.329 e. The molecule has 0 aliphatic carbocycles. The smallest absolute Gasteiger partial charge is 0.159 e. The molecule has 104 valence electrons. The lowest BCUT2D eigenvalue weighted by atomic mass is 10.2. The van der Waals surface area contributed by atoms with Crippen LogP contribution < -0.4 is 5.73 Å². The number of nitrogens with two attached hydrogens (primary N) is 1. The summed E-state index contributed by atoms with van der Waals surface area (Å²) in [5.41, 5.74) is 6.00. The van der Waals surface area contributed by atoms with Gasteiger partial charge in [0, 0.05) is 12.7 Å². The molecule has 0 amide bonds. The molecule has 1 unspecified atom stereocenters. The topological polar surface area (TPSA) is 78.0 Å². The molecule has 1 rings (SSSR count). The minimum absolute atomic E-state index is 0.0293. The molecule has 1 atom stereocenters. The van der Waals surface area contributed by atoms with Crippen molar-refractivity contribution in [3.05, 3.63) is 18.0 Å². The maximum atomic E-state index is 11.9. The molecule has 1 aromatic heterocycles. The zero-order valence-corrected chi connectivity index (χ0v) is 12.2. The normalized spacial score (nSPS) is 14.1. The van der Waals surface area contributed by atoms with Gasteiger partial charge in [-0.25, -0.2) is 8.42 Å². The number of sulfone groups is 1. The van der Waals surface area contributed by atoms with E-state index in [0.29, 0.717) is 11.7 Å². The van der Waals surface area contributed by atoms with Gasteiger partial charge >= 0.3 is 0 Å². The van der Waals surface area contributed by atoms with Crippen LogP contribution in [0.3, 0.4) is 0 Å². The van der Waals surface area contributed by atoms with Crippen LogP contribution in [0.25, 0.3) is 0 Å². The van der Waals surface area contributed by atoms with Crippen molar-refractivity contribution in [2.24, 2.45) is 5.73 Å². The van der Waals surface area contributed by atoms with Crippen molar-refractivity contribution >= 4 is 9.84 Å². The van der Waals surface area contributed by atoms with E-state index in [1.54, 1.807) is 13.0 Å². The maximum Gasteiger partial charge on any atom is 0.159 e. The molecule has 0 aliphatic heterocycles. The Hall–Kier alpha value is -0.880. The molecule has 0 aliphatic rings. The second-order valence-corrected chi connectivity index (χ2v) is 7.03. The van der Waals surface area contributed by atoms with Crippen LogP contribution in [0, 0.1) is 0 Å². The third kappa shape index (κ3) is 3.55. The van der Waals surface area contributed by atoms with Crippen LogP contribution in [0.15, 0.2) is 12.3 Å². The Balaban J connectivity index is 2.82. The highest BCUT2D eigenvalue weighted by Crippen LogP contribution is 2.16. The van der Waals surface area contributed by atoms with Gasteiger partial charge < -0.3 is 5.73 Å². The first-order chi connectivity index (χ1) is 8.44. The van der Waals surface area contributed by atoms with E-state index in [1.165, 1.54) is 0 Å². The number of hydrogen-bond donors (Lipinski definition) is 1. The molecule has 1 heterocycles. The Morgan fingerprint density at radius 1 is 1.39 bits per heavy atom. The van der Waals surface area contributed by atoms with Crippen LogP contribution in [0.4, 0.5) is 0 Å². The van der Waals surface area contributed by atoms with E-state index in [9.17, 15) is 8.42 Å². The van der Waals surface area contributed by atoms with Crippen LogP contribution in [0.1, 0.15) is 45.3 Å². The van der Waals surface area contributed by atoms with Gasteiger partial charge in [0.2, 0.25) is 0 Å². The molecule has 0 saturated carbocycles. The van der Waals surface area contributed by atoms with E-state index >= 15 is 0 Å². The molecule has 0 aromatic carbocycles. The second kappa shape index (κ2) is 6.33. The van der Waals surface area contributed by atoms with E-state index < -0.39 is 15.1 Å². The lowest BCUT2D eigenvalue weighted by Gasteiger charge is -2.12. The molecule has 18 heavy (non-hydrogen) atoms. The highest BCUT2D eigenvalue weighted by Gasteiger charge is 2.21. The van der Waals surface area contributed by atoms with Crippen LogP contribution in [-0.2, 0) is 15.6 Å². The Morgan fingerprint density at radius 2 is 2.00 bits per heavy atom. The number of nitrogens with zero attached hydrogens (tertiary/aromatic N) is 2. The predicted octanol–water partition coefficient (Wildman–Crippen LogP) is 1.51. The summed E-state index contributed by atoms with van der Waals surface area (Å²) in [6.07, 6.45) is 3.84. The van der Waals surface area contributed by atoms with Crippen LogP contribution >= 0.6 is 0 Å². The Bertz CT molecular complexity index is 463. The van der Waals surface area contributed by atoms with Crippen LogP contribution in [-0.4, -0.2) is 30.0 Å². The lowest BCUT2D eigenvalue weighted by molar-refractivity contribution is 0.426. The van der Waals surface area contributed by atoms with E-state index in [2.05, 4.69) is 18.9 Å². The predicted molar refractivity (Wildman–Crippen MR) is 73.0 cm³/mol. The van der Waals surface area contributed by atoms with Crippen LogP contribution in [0.2, 0.25) is 0 Å². The standard InChI is InChI=1S/C12H23N3O2S/c1-4-12(5-2)15-7-6-11(14-15)9-18(16,17)10(3)8-13/h6-7,10,12H,4-5,8-9,13H2,1-3H3. The molecule has 0 bridgehead atoms. The van der Waals surface area contributed by atoms with Gasteiger partial charge in [-0.15, -0.1) is 0 Å². The summed E-state index contributed by atoms with van der Waals surface area (Å²) in [6, 6.07) is 2.12. The molecule has 0 fully saturated rings. The zero-order valence-electron chi connectivity index (χ0n) is 11.3. The fourth-order valence-corrected chi connectivity index (χ4v) is 2.96. The average molecular weight is 273 g/mol. The summed E-state index contributed by atoms with van der Waals surface area (Å²) < 4.78 is 25.7. The quantitative estimate of drug-likeness (QED) is 0.816. The monoisotopic (exact) mass is 273 g/mol. The number of rotatable bonds is 7. The molecule has 5 nitrogen and oxygen atoms in total. The van der Waals surface area contributed by atoms with E-state index in [4.69, 9.17) is 5.73 Å². The maximum absolute atomic E-state index is 11.9. The van der Waals surface area contributed by atoms with Crippen LogP contribution in [0.5, 0.6) is 0 Å². The summed E-state index contributed by atoms with van der Waals surface area (Å²) in [4.78, 5) is 0. The van der Waals surface area contributed by atoms with Crippen molar-refractivity contribution in [1.82, 2.24) is 9.78 Å². The summed E-state index contributed by atoms with van der Waals surface area (Å²) in [5.74, 6) is -0.0293. The van der Waals surface area contributed by atoms with Crippen molar-refractivity contribution in [3.63, 3.8) is 0 Å². The van der Waals surface area contributed by atoms with Gasteiger partial charge in [0.25, 0.3) is 0 Å². The molecular formula is C12H23N3O2S. The molecule has 1 aromatic rings. The fourth-order valence-electron chi connectivity index (χ4n) is 1.82. The van der Waals surface area contributed by atoms with E-state index in [0.717, 1.165) is 12.8 Å². The summed E-state index contributed by atoms with van der Waals surface area (Å²) >= 11 is 0. The van der Waals surface area contributed by atoms with Crippen molar-refractivity contribution in [2.45, 2.75) is 50.7 Å². The highest BCUT2D eigenvalue weighted by atomic mass is 32.2. The molecule has 2 N–H and O–H groups in total. The largest absolute Gasteiger partial charge is 0.329 e. The first-order valence-corrected chi connectivity index (χ1v) is 8.11. The van der Waals surface area contributed by atoms with E-state index in [1.807, 2.05) is 10.9 Å². The van der Waals surface area contributed by atoms with Crippen molar-refractivity contribution in [2.75, 3.05) is 6.54 Å². The first kappa shape index (κ1) is 15.2. The van der Waals surface area contributed by atoms with Crippen molar-refractivity contribution in [3.8, 4) is 0 Å². The zero-order chi connectivity index (χ0) is 13.8. The van der Waals surface area contributed by atoms with Gasteiger partial charge in [0.15, 0.2) is 9.84 Å². The summed E-state index contributed by atoms with van der Waals surface area (Å²) in [5, 5.41) is 3.83. The molecule has 0 saturated heterocycles. The summed E-state index contributed by atoms with van der Waals surface area (Å²) in [6.45, 7) is 5.98. The van der Waals surface area contributed by atoms with Crippen molar-refractivity contribution in [1.29, 1.82) is 0 Å². The Kier molecular flexibility index (Phi) is 5.34. The van der Waals surface area contributed by atoms with Gasteiger partial charge in [0.1, 0.15) is 0 Å². The third-order valence-electron chi connectivity index (χ3n) is 3.27. The van der Waals surface area contributed by atoms with Gasteiger partial charge in [0.05, 0.1) is 22.7 Å². The minimum atomic E-state index is -3.19. The molecule has 0 spiro atoms. The second-order valence-electron chi connectivity index (χ2n) is 4.61. The number of aromatic nitrogens is 2. The third-order valence-corrected chi connectivity index (χ3v) is 5.39. The van der Waals surface area contributed by atoms with E-state index in [-0.39, 0.29) is 12.3 Å². The fraction of sp³-hybridized carbons (Fsp3) is 0.750. The Labute approximate surface area is 109 Å². The summed E-state index contributed by atoms with van der Waals surface area (Å²) in [7, 11) is -3.19. The molecule has 0 radical (unpaired) electrons. The molecular weight excluding hydrogens is 250 g/mol. The first-order valence-electron chi connectivity index (χ1n) is 6.40. The SMILES string of the molecule is CCC(CC)n1ccc(CS(=O)(=O)C(C)CN)n1. The van der Waals surface area contributed by atoms with Gasteiger partial charge in [-0.3, -0.25) is 4.68 Å². The van der Waals surface area contributed by atoms with Gasteiger partial charge in [-0.2, -0.15) is 5.10 Å².